The SMILES string of the molecule is C[C@H]1CCCN(C(=O)CCc2cc(Cl)cs2)[C@@H]1CN. The maximum atomic E-state index is 12.3. The van der Waals surface area contributed by atoms with Gasteiger partial charge >= 0.3 is 0 Å². The topological polar surface area (TPSA) is 46.3 Å². The van der Waals surface area contributed by atoms with E-state index in [1.807, 2.05) is 16.3 Å². The molecule has 0 aliphatic carbocycles. The van der Waals surface area contributed by atoms with Gasteiger partial charge in [-0.1, -0.05) is 18.5 Å². The second-order valence-electron chi connectivity index (χ2n) is 5.24. The molecular weight excluding hydrogens is 280 g/mol. The first kappa shape index (κ1) is 14.8. The van der Waals surface area contributed by atoms with Crippen LogP contribution in [-0.4, -0.2) is 29.9 Å². The Morgan fingerprint density at radius 2 is 2.42 bits per heavy atom. The standard InChI is InChI=1S/C14H21ClN2OS/c1-10-3-2-6-17(13(10)8-16)14(18)5-4-12-7-11(15)9-19-12/h7,9-10,13H,2-6,8,16H2,1H3/t10-,13+/m0/s1. The van der Waals surface area contributed by atoms with Crippen LogP contribution < -0.4 is 5.73 Å². The van der Waals surface area contributed by atoms with Gasteiger partial charge in [-0.3, -0.25) is 4.79 Å². The average molecular weight is 301 g/mol. The predicted molar refractivity (Wildman–Crippen MR) is 80.6 cm³/mol. The Morgan fingerprint density at radius 1 is 1.63 bits per heavy atom. The van der Waals surface area contributed by atoms with Crippen LogP contribution in [0.1, 0.15) is 31.1 Å². The lowest BCUT2D eigenvalue weighted by Gasteiger charge is -2.39. The van der Waals surface area contributed by atoms with Crippen LogP contribution in [0.25, 0.3) is 0 Å². The Hall–Kier alpha value is -0.580. The third kappa shape index (κ3) is 3.71. The van der Waals surface area contributed by atoms with Gasteiger partial charge in [0.15, 0.2) is 0 Å². The van der Waals surface area contributed by atoms with Crippen molar-refractivity contribution in [3.05, 3.63) is 21.3 Å². The largest absolute Gasteiger partial charge is 0.338 e. The molecule has 1 aliphatic rings. The van der Waals surface area contributed by atoms with Gasteiger partial charge in [0.25, 0.3) is 0 Å². The average Bonchev–Trinajstić information content (AvgIpc) is 2.81. The van der Waals surface area contributed by atoms with Crippen LogP contribution in [0.15, 0.2) is 11.4 Å². The predicted octanol–water partition coefficient (Wildman–Crippen LogP) is 2.92. The number of hydrogen-bond acceptors (Lipinski definition) is 3. The van der Waals surface area contributed by atoms with Crippen molar-refractivity contribution in [2.75, 3.05) is 13.1 Å². The molecule has 0 bridgehead atoms. The Kier molecular flexibility index (Phi) is 5.25. The van der Waals surface area contributed by atoms with E-state index in [4.69, 9.17) is 17.3 Å². The van der Waals surface area contributed by atoms with E-state index in [1.54, 1.807) is 11.3 Å². The zero-order valence-electron chi connectivity index (χ0n) is 11.3. The van der Waals surface area contributed by atoms with E-state index >= 15 is 0 Å². The summed E-state index contributed by atoms with van der Waals surface area (Å²) >= 11 is 7.51. The van der Waals surface area contributed by atoms with E-state index in [-0.39, 0.29) is 11.9 Å². The first-order valence-electron chi connectivity index (χ1n) is 6.84. The molecule has 0 radical (unpaired) electrons. The van der Waals surface area contributed by atoms with E-state index in [2.05, 4.69) is 6.92 Å². The number of likely N-dealkylation sites (tertiary alicyclic amines) is 1. The molecule has 2 rings (SSSR count). The van der Waals surface area contributed by atoms with E-state index < -0.39 is 0 Å². The van der Waals surface area contributed by atoms with Crippen molar-refractivity contribution in [2.24, 2.45) is 11.7 Å². The maximum Gasteiger partial charge on any atom is 0.223 e. The minimum atomic E-state index is 0.216. The zero-order chi connectivity index (χ0) is 13.8. The van der Waals surface area contributed by atoms with Crippen molar-refractivity contribution in [3.63, 3.8) is 0 Å². The lowest BCUT2D eigenvalue weighted by atomic mass is 9.90. The summed E-state index contributed by atoms with van der Waals surface area (Å²) in [7, 11) is 0. The molecule has 3 nitrogen and oxygen atoms in total. The van der Waals surface area contributed by atoms with Gasteiger partial charge in [0.2, 0.25) is 5.91 Å². The zero-order valence-corrected chi connectivity index (χ0v) is 12.8. The summed E-state index contributed by atoms with van der Waals surface area (Å²) in [6.07, 6.45) is 3.60. The number of thiophene rings is 1. The number of aryl methyl sites for hydroxylation is 1. The lowest BCUT2D eigenvalue weighted by molar-refractivity contribution is -0.136. The Labute approximate surface area is 123 Å². The highest BCUT2D eigenvalue weighted by Gasteiger charge is 2.30. The number of amides is 1. The molecule has 2 atom stereocenters. The summed E-state index contributed by atoms with van der Waals surface area (Å²) in [5, 5.41) is 2.67. The van der Waals surface area contributed by atoms with Gasteiger partial charge in [0.05, 0.1) is 5.02 Å². The van der Waals surface area contributed by atoms with Crippen LogP contribution >= 0.6 is 22.9 Å². The fourth-order valence-electron chi connectivity index (χ4n) is 2.78. The number of nitrogens with two attached hydrogens (primary N) is 1. The molecule has 0 aromatic carbocycles. The van der Waals surface area contributed by atoms with Crippen molar-refractivity contribution in [1.82, 2.24) is 4.90 Å². The molecule has 1 amide bonds. The van der Waals surface area contributed by atoms with Crippen molar-refractivity contribution < 1.29 is 4.79 Å². The molecule has 2 N–H and O–H groups in total. The van der Waals surface area contributed by atoms with Gasteiger partial charge in [-0.2, -0.15) is 0 Å². The van der Waals surface area contributed by atoms with E-state index in [1.165, 1.54) is 11.3 Å². The molecule has 0 spiro atoms. The molecule has 0 unspecified atom stereocenters. The highest BCUT2D eigenvalue weighted by Crippen LogP contribution is 2.25. The first-order valence-corrected chi connectivity index (χ1v) is 8.10. The van der Waals surface area contributed by atoms with Crippen LogP contribution in [0, 0.1) is 5.92 Å². The van der Waals surface area contributed by atoms with Gasteiger partial charge in [-0.05, 0) is 31.2 Å². The molecule has 19 heavy (non-hydrogen) atoms. The summed E-state index contributed by atoms with van der Waals surface area (Å²) in [6, 6.07) is 2.16. The highest BCUT2D eigenvalue weighted by molar-refractivity contribution is 7.10. The van der Waals surface area contributed by atoms with Crippen LogP contribution in [0.3, 0.4) is 0 Å². The summed E-state index contributed by atoms with van der Waals surface area (Å²) < 4.78 is 0. The molecule has 1 fully saturated rings. The van der Waals surface area contributed by atoms with Crippen LogP contribution in [0.5, 0.6) is 0 Å². The molecule has 0 saturated carbocycles. The molecule has 1 aliphatic heterocycles. The number of rotatable bonds is 4. The second-order valence-corrected chi connectivity index (χ2v) is 6.67. The molecule has 1 aromatic rings. The maximum absolute atomic E-state index is 12.3. The number of carbonyl (C=O) groups excluding carboxylic acids is 1. The lowest BCUT2D eigenvalue weighted by Crippen LogP contribution is -2.51. The summed E-state index contributed by atoms with van der Waals surface area (Å²) in [4.78, 5) is 15.5. The number of hydrogen-bond donors (Lipinski definition) is 1. The molecule has 5 heteroatoms. The van der Waals surface area contributed by atoms with E-state index in [9.17, 15) is 4.79 Å². The van der Waals surface area contributed by atoms with Crippen molar-refractivity contribution in [2.45, 2.75) is 38.6 Å². The molecular formula is C14H21ClN2OS. The Bertz CT molecular complexity index is 435. The minimum absolute atomic E-state index is 0.216. The highest BCUT2D eigenvalue weighted by atomic mass is 35.5. The van der Waals surface area contributed by atoms with E-state index in [0.29, 0.717) is 18.9 Å². The van der Waals surface area contributed by atoms with Gasteiger partial charge in [-0.25, -0.2) is 0 Å². The molecule has 1 aromatic heterocycles. The molecule has 2 heterocycles. The summed E-state index contributed by atoms with van der Waals surface area (Å²) in [6.45, 7) is 3.62. The Morgan fingerprint density at radius 3 is 3.05 bits per heavy atom. The fourth-order valence-corrected chi connectivity index (χ4v) is 3.85. The van der Waals surface area contributed by atoms with Gasteiger partial charge in [-0.15, -0.1) is 11.3 Å². The van der Waals surface area contributed by atoms with Crippen LogP contribution in [0.4, 0.5) is 0 Å². The fraction of sp³-hybridized carbons (Fsp3) is 0.643. The van der Waals surface area contributed by atoms with Gasteiger partial charge in [0.1, 0.15) is 0 Å². The van der Waals surface area contributed by atoms with Crippen molar-refractivity contribution in [3.8, 4) is 0 Å². The third-order valence-electron chi connectivity index (χ3n) is 3.88. The van der Waals surface area contributed by atoms with Crippen molar-refractivity contribution >= 4 is 28.8 Å². The number of piperidine rings is 1. The van der Waals surface area contributed by atoms with E-state index in [0.717, 1.165) is 24.4 Å². The monoisotopic (exact) mass is 300 g/mol. The van der Waals surface area contributed by atoms with Crippen LogP contribution in [-0.2, 0) is 11.2 Å². The van der Waals surface area contributed by atoms with Gasteiger partial charge < -0.3 is 10.6 Å². The number of halogens is 1. The minimum Gasteiger partial charge on any atom is -0.338 e. The quantitative estimate of drug-likeness (QED) is 0.929. The number of nitrogens with zero attached hydrogens (tertiary/aromatic N) is 1. The second kappa shape index (κ2) is 6.73. The Balaban J connectivity index is 1.91. The third-order valence-corrected chi connectivity index (χ3v) is 5.23. The smallest absolute Gasteiger partial charge is 0.223 e. The number of carbonyl (C=O) groups is 1. The normalized spacial score (nSPS) is 23.6. The van der Waals surface area contributed by atoms with Crippen LogP contribution in [0.2, 0.25) is 5.02 Å². The summed E-state index contributed by atoms with van der Waals surface area (Å²) in [5.41, 5.74) is 5.82. The molecule has 1 saturated heterocycles. The first-order chi connectivity index (χ1) is 9.11. The van der Waals surface area contributed by atoms with Crippen molar-refractivity contribution in [1.29, 1.82) is 0 Å². The molecule has 106 valence electrons. The van der Waals surface area contributed by atoms with Gasteiger partial charge in [0, 0.05) is 35.8 Å². The summed E-state index contributed by atoms with van der Waals surface area (Å²) in [5.74, 6) is 0.741.